The quantitative estimate of drug-likeness (QED) is 0.0679. The highest BCUT2D eigenvalue weighted by atomic mass is 16.5. The van der Waals surface area contributed by atoms with Gasteiger partial charge in [-0.05, 0) is 196 Å². The summed E-state index contributed by atoms with van der Waals surface area (Å²) in [4.78, 5) is 0. The van der Waals surface area contributed by atoms with Crippen LogP contribution in [0.5, 0.6) is 34.5 Å². The lowest BCUT2D eigenvalue weighted by Gasteiger charge is -2.50. The number of ether oxygens (including phenoxy) is 4. The zero-order valence-electron chi connectivity index (χ0n) is 47.1. The van der Waals surface area contributed by atoms with Gasteiger partial charge in [0, 0.05) is 16.2 Å². The molecule has 0 spiro atoms. The lowest BCUT2D eigenvalue weighted by atomic mass is 9.61. The molecule has 380 valence electrons. The Labute approximate surface area is 430 Å². The third-order valence-corrected chi connectivity index (χ3v) is 17.3. The predicted octanol–water partition coefficient (Wildman–Crippen LogP) is 19.5. The first-order valence-corrected chi connectivity index (χ1v) is 26.9. The summed E-state index contributed by atoms with van der Waals surface area (Å²) in [6, 6.07) is 44.2. The fourth-order valence-electron chi connectivity index (χ4n) is 10.9. The highest BCUT2D eigenvalue weighted by molar-refractivity contribution is 5.51. The van der Waals surface area contributed by atoms with E-state index in [9.17, 15) is 0 Å². The Hall–Kier alpha value is -5.48. The molecule has 71 heavy (non-hydrogen) atoms. The molecule has 0 amide bonds. The summed E-state index contributed by atoms with van der Waals surface area (Å²) >= 11 is 0. The van der Waals surface area contributed by atoms with Gasteiger partial charge >= 0.3 is 0 Å². The van der Waals surface area contributed by atoms with Crippen LogP contribution in [0.2, 0.25) is 0 Å². The second kappa shape index (κ2) is 21.7. The van der Waals surface area contributed by atoms with Crippen LogP contribution < -0.4 is 18.9 Å². The molecule has 4 heteroatoms. The second-order valence-corrected chi connectivity index (χ2v) is 22.5. The van der Waals surface area contributed by atoms with Crippen LogP contribution in [-0.2, 0) is 21.7 Å². The van der Waals surface area contributed by atoms with E-state index in [2.05, 4.69) is 246 Å². The van der Waals surface area contributed by atoms with Gasteiger partial charge in [0.2, 0.25) is 0 Å². The lowest BCUT2D eigenvalue weighted by molar-refractivity contribution is -0.0288. The summed E-state index contributed by atoms with van der Waals surface area (Å²) in [5, 5.41) is 0. The van der Waals surface area contributed by atoms with Gasteiger partial charge in [0.05, 0.1) is 0 Å². The van der Waals surface area contributed by atoms with E-state index in [1.54, 1.807) is 0 Å². The molecule has 6 aromatic carbocycles. The Morgan fingerprint density at radius 2 is 0.732 bits per heavy atom. The van der Waals surface area contributed by atoms with E-state index < -0.39 is 5.60 Å². The molecule has 0 bridgehead atoms. The standard InChI is InChI=1S/C67H88O4/c1-19-62(12,13)70-60-39-33-53(43-48(60)10)63(14,15)51-31-37-58(46(8)41-51)68-56-35-29-50(30-36-56)66(22-4,23-5)67(24-6,25-7)71-61-40-34-54(44-49(61)11)64(16,17)52-32-38-59(47(9)42-52)69-57-28-26-27-55(45-57)65(18,20-2)21-3/h26-45H,19-25H2,1-18H3. The molecule has 4 nitrogen and oxygen atoms in total. The van der Waals surface area contributed by atoms with Crippen molar-refractivity contribution in [1.29, 1.82) is 0 Å². The molecular weight excluding hydrogens is 869 g/mol. The summed E-state index contributed by atoms with van der Waals surface area (Å²) in [5.41, 5.74) is 11.0. The second-order valence-electron chi connectivity index (χ2n) is 22.5. The van der Waals surface area contributed by atoms with Crippen LogP contribution in [0.15, 0.2) is 121 Å². The van der Waals surface area contributed by atoms with Crippen molar-refractivity contribution in [2.75, 3.05) is 0 Å². The molecule has 0 aliphatic rings. The normalized spacial score (nSPS) is 12.8. The van der Waals surface area contributed by atoms with E-state index >= 15 is 0 Å². The van der Waals surface area contributed by atoms with Crippen LogP contribution in [0.1, 0.15) is 198 Å². The van der Waals surface area contributed by atoms with Crippen molar-refractivity contribution in [3.05, 3.63) is 177 Å². The maximum atomic E-state index is 7.44. The Bertz CT molecular complexity index is 2740. The SMILES string of the molecule is CCC(C)(C)Oc1ccc(C(C)(C)c2ccc(Oc3ccc(C(CC)(CC)C(CC)(CC)Oc4ccc(C(C)(C)c5ccc(Oc6cccc(C(C)(CC)CC)c6)c(C)c5)cc4C)cc3)c(C)c2)cc1C. The highest BCUT2D eigenvalue weighted by Gasteiger charge is 2.50. The van der Waals surface area contributed by atoms with Crippen LogP contribution >= 0.6 is 0 Å². The number of rotatable bonds is 22. The molecule has 0 aliphatic carbocycles. The van der Waals surface area contributed by atoms with Gasteiger partial charge in [0.25, 0.3) is 0 Å². The van der Waals surface area contributed by atoms with Crippen molar-refractivity contribution in [1.82, 2.24) is 0 Å². The molecule has 0 radical (unpaired) electrons. The number of hydrogen-bond donors (Lipinski definition) is 0. The van der Waals surface area contributed by atoms with Gasteiger partial charge < -0.3 is 18.9 Å². The summed E-state index contributed by atoms with van der Waals surface area (Å²) in [6.07, 6.45) is 6.77. The van der Waals surface area contributed by atoms with E-state index in [4.69, 9.17) is 18.9 Å². The van der Waals surface area contributed by atoms with Crippen molar-refractivity contribution in [3.8, 4) is 34.5 Å². The Morgan fingerprint density at radius 3 is 1.11 bits per heavy atom. The zero-order valence-corrected chi connectivity index (χ0v) is 47.1. The van der Waals surface area contributed by atoms with E-state index in [0.29, 0.717) is 0 Å². The van der Waals surface area contributed by atoms with Crippen LogP contribution in [0.25, 0.3) is 0 Å². The topological polar surface area (TPSA) is 36.9 Å². The molecule has 0 saturated heterocycles. The first-order valence-electron chi connectivity index (χ1n) is 26.9. The molecule has 6 rings (SSSR count). The maximum Gasteiger partial charge on any atom is 0.130 e. The number of aryl methyl sites for hydroxylation is 4. The minimum Gasteiger partial charge on any atom is -0.488 e. The third kappa shape index (κ3) is 11.1. The molecule has 0 heterocycles. The van der Waals surface area contributed by atoms with Gasteiger partial charge in [-0.1, -0.05) is 156 Å². The molecule has 0 unspecified atom stereocenters. The van der Waals surface area contributed by atoms with Crippen LogP contribution in [-0.4, -0.2) is 11.2 Å². The minimum atomic E-state index is -0.434. The van der Waals surface area contributed by atoms with Gasteiger partial charge in [-0.25, -0.2) is 0 Å². The molecular formula is C67H88O4. The van der Waals surface area contributed by atoms with E-state index in [1.165, 1.54) is 33.4 Å². The van der Waals surface area contributed by atoms with Crippen molar-refractivity contribution >= 4 is 0 Å². The fraction of sp³-hybridized carbons (Fsp3) is 0.463. The first kappa shape index (κ1) is 54.8. The zero-order chi connectivity index (χ0) is 52.2. The minimum absolute atomic E-state index is 0.137. The Morgan fingerprint density at radius 1 is 0.338 bits per heavy atom. The van der Waals surface area contributed by atoms with Crippen LogP contribution in [0.4, 0.5) is 0 Å². The van der Waals surface area contributed by atoms with Gasteiger partial charge in [-0.3, -0.25) is 0 Å². The van der Waals surface area contributed by atoms with Crippen molar-refractivity contribution in [3.63, 3.8) is 0 Å². The molecule has 0 atom stereocenters. The predicted molar refractivity (Wildman–Crippen MR) is 301 cm³/mol. The first-order chi connectivity index (χ1) is 33.5. The number of hydrogen-bond acceptors (Lipinski definition) is 4. The molecule has 0 fully saturated rings. The van der Waals surface area contributed by atoms with Crippen LogP contribution in [0.3, 0.4) is 0 Å². The largest absolute Gasteiger partial charge is 0.488 e. The average Bonchev–Trinajstić information content (AvgIpc) is 3.36. The van der Waals surface area contributed by atoms with E-state index in [0.717, 1.165) is 102 Å². The third-order valence-electron chi connectivity index (χ3n) is 17.3. The Balaban J connectivity index is 1.19. The average molecular weight is 957 g/mol. The smallest absolute Gasteiger partial charge is 0.130 e. The summed E-state index contributed by atoms with van der Waals surface area (Å²) in [7, 11) is 0. The van der Waals surface area contributed by atoms with Crippen LogP contribution in [0, 0.1) is 27.7 Å². The van der Waals surface area contributed by atoms with E-state index in [1.807, 2.05) is 0 Å². The number of benzene rings is 6. The van der Waals surface area contributed by atoms with Gasteiger partial charge in [-0.2, -0.15) is 0 Å². The van der Waals surface area contributed by atoms with Gasteiger partial charge in [0.15, 0.2) is 0 Å². The summed E-state index contributed by atoms with van der Waals surface area (Å²) < 4.78 is 27.0. The fourth-order valence-corrected chi connectivity index (χ4v) is 10.9. The molecule has 0 aromatic heterocycles. The van der Waals surface area contributed by atoms with Crippen molar-refractivity contribution < 1.29 is 18.9 Å². The summed E-state index contributed by atoms with van der Waals surface area (Å²) in [5.74, 6) is 5.36. The van der Waals surface area contributed by atoms with Gasteiger partial charge in [-0.15, -0.1) is 0 Å². The molecule has 0 N–H and O–H groups in total. The maximum absolute atomic E-state index is 7.44. The lowest BCUT2D eigenvalue weighted by Crippen LogP contribution is -2.54. The molecule has 6 aromatic rings. The van der Waals surface area contributed by atoms with Gasteiger partial charge in [0.1, 0.15) is 45.7 Å². The highest BCUT2D eigenvalue weighted by Crippen LogP contribution is 2.50. The summed E-state index contributed by atoms with van der Waals surface area (Å²) in [6.45, 7) is 40.4. The molecule has 0 saturated carbocycles. The van der Waals surface area contributed by atoms with Crippen molar-refractivity contribution in [2.24, 2.45) is 0 Å². The Kier molecular flexibility index (Phi) is 16.8. The monoisotopic (exact) mass is 957 g/mol. The van der Waals surface area contributed by atoms with E-state index in [-0.39, 0.29) is 27.3 Å². The van der Waals surface area contributed by atoms with Crippen molar-refractivity contribution in [2.45, 2.75) is 202 Å². The molecule has 0 aliphatic heterocycles.